The van der Waals surface area contributed by atoms with Crippen LogP contribution in [0.25, 0.3) is 0 Å². The van der Waals surface area contributed by atoms with Crippen molar-refractivity contribution in [2.45, 2.75) is 18.9 Å². The van der Waals surface area contributed by atoms with Gasteiger partial charge in [0, 0.05) is 28.5 Å². The van der Waals surface area contributed by atoms with E-state index in [0.29, 0.717) is 12.5 Å². The summed E-state index contributed by atoms with van der Waals surface area (Å²) in [4.78, 5) is 14.4. The summed E-state index contributed by atoms with van der Waals surface area (Å²) < 4.78 is 2.13. The third-order valence-corrected chi connectivity index (χ3v) is 5.45. The summed E-state index contributed by atoms with van der Waals surface area (Å²) in [6.07, 6.45) is 0.959. The lowest BCUT2D eigenvalue weighted by atomic mass is 10.1. The molecule has 2 aromatic carbocycles. The second-order valence-corrected chi connectivity index (χ2v) is 7.56. The molecule has 1 aliphatic rings. The molecule has 22 heavy (non-hydrogen) atoms. The van der Waals surface area contributed by atoms with Crippen LogP contribution in [0.5, 0.6) is 0 Å². The number of hydrogen-bond donors (Lipinski definition) is 0. The molecule has 0 N–H and O–H groups in total. The Morgan fingerprint density at radius 2 is 1.82 bits per heavy atom. The molecule has 0 aliphatic heterocycles. The molecule has 1 saturated carbocycles. The topological polar surface area (TPSA) is 20.3 Å². The molecule has 2 unspecified atom stereocenters. The number of benzene rings is 2. The van der Waals surface area contributed by atoms with Gasteiger partial charge in [0.15, 0.2) is 0 Å². The van der Waals surface area contributed by atoms with Gasteiger partial charge in [-0.25, -0.2) is 0 Å². The lowest BCUT2D eigenvalue weighted by molar-refractivity contribution is -0.131. The Morgan fingerprint density at radius 1 is 1.14 bits per heavy atom. The Hall–Kier alpha value is -1.13. The molecule has 4 heteroatoms. The van der Waals surface area contributed by atoms with E-state index in [0.717, 1.165) is 20.9 Å². The van der Waals surface area contributed by atoms with Crippen LogP contribution in [0.2, 0.25) is 0 Å². The average Bonchev–Trinajstić information content (AvgIpc) is 3.30. The van der Waals surface area contributed by atoms with Gasteiger partial charge in [-0.15, -0.1) is 0 Å². The summed E-state index contributed by atoms with van der Waals surface area (Å²) in [5.74, 6) is 0.750. The van der Waals surface area contributed by atoms with Gasteiger partial charge in [-0.3, -0.25) is 4.79 Å². The van der Waals surface area contributed by atoms with Crippen LogP contribution < -0.4 is 0 Å². The number of nitrogens with zero attached hydrogens (tertiary/aromatic N) is 1. The van der Waals surface area contributed by atoms with Crippen molar-refractivity contribution in [1.29, 1.82) is 0 Å². The van der Waals surface area contributed by atoms with Gasteiger partial charge >= 0.3 is 0 Å². The Balaban J connectivity index is 1.63. The fourth-order valence-corrected chi connectivity index (χ4v) is 3.46. The number of amides is 1. The van der Waals surface area contributed by atoms with Crippen LogP contribution in [-0.2, 0) is 11.3 Å². The van der Waals surface area contributed by atoms with E-state index in [2.05, 4.69) is 44.0 Å². The Labute approximate surface area is 147 Å². The van der Waals surface area contributed by atoms with E-state index >= 15 is 0 Å². The summed E-state index contributed by atoms with van der Waals surface area (Å²) in [6.45, 7) is 0.643. The number of hydrogen-bond acceptors (Lipinski definition) is 1. The predicted octanol–water partition coefficient (Wildman–Crippen LogP) is 4.97. The molecule has 0 bridgehead atoms. The van der Waals surface area contributed by atoms with E-state index in [9.17, 15) is 4.79 Å². The molecule has 1 fully saturated rings. The van der Waals surface area contributed by atoms with Crippen LogP contribution in [0.1, 0.15) is 23.5 Å². The SMILES string of the molecule is CN(Cc1ccccc1Br)C(=O)C1CC1c1ccc(Br)cc1. The van der Waals surface area contributed by atoms with Gasteiger partial charge < -0.3 is 4.90 Å². The maximum atomic E-state index is 12.6. The maximum Gasteiger partial charge on any atom is 0.226 e. The van der Waals surface area contributed by atoms with Crippen molar-refractivity contribution in [2.24, 2.45) is 5.92 Å². The number of carbonyl (C=O) groups excluding carboxylic acids is 1. The highest BCUT2D eigenvalue weighted by molar-refractivity contribution is 9.10. The molecule has 1 amide bonds. The fraction of sp³-hybridized carbons (Fsp3) is 0.278. The first-order valence-corrected chi connectivity index (χ1v) is 8.88. The molecule has 2 nitrogen and oxygen atoms in total. The van der Waals surface area contributed by atoms with Crippen molar-refractivity contribution in [3.63, 3.8) is 0 Å². The Morgan fingerprint density at radius 3 is 2.50 bits per heavy atom. The zero-order valence-electron chi connectivity index (χ0n) is 12.3. The van der Waals surface area contributed by atoms with E-state index in [4.69, 9.17) is 0 Å². The number of carbonyl (C=O) groups is 1. The molecular weight excluding hydrogens is 406 g/mol. The molecule has 0 radical (unpaired) electrons. The smallest absolute Gasteiger partial charge is 0.226 e. The van der Waals surface area contributed by atoms with E-state index in [1.54, 1.807) is 0 Å². The van der Waals surface area contributed by atoms with Crippen molar-refractivity contribution in [3.8, 4) is 0 Å². The highest BCUT2D eigenvalue weighted by atomic mass is 79.9. The molecule has 0 spiro atoms. The summed E-state index contributed by atoms with van der Waals surface area (Å²) in [6, 6.07) is 16.3. The average molecular weight is 423 g/mol. The van der Waals surface area contributed by atoms with Crippen molar-refractivity contribution in [3.05, 3.63) is 68.6 Å². The fourth-order valence-electron chi connectivity index (χ4n) is 2.79. The van der Waals surface area contributed by atoms with E-state index in [1.165, 1.54) is 5.56 Å². The van der Waals surface area contributed by atoms with Crippen molar-refractivity contribution in [2.75, 3.05) is 7.05 Å². The van der Waals surface area contributed by atoms with Gasteiger partial charge in [-0.1, -0.05) is 62.2 Å². The third-order valence-electron chi connectivity index (χ3n) is 4.15. The van der Waals surface area contributed by atoms with Crippen LogP contribution in [0.4, 0.5) is 0 Å². The number of halogens is 2. The quantitative estimate of drug-likeness (QED) is 0.680. The predicted molar refractivity (Wildman–Crippen MR) is 95.6 cm³/mol. The normalized spacial score (nSPS) is 19.8. The zero-order chi connectivity index (χ0) is 15.7. The summed E-state index contributed by atoms with van der Waals surface area (Å²) in [5.41, 5.74) is 2.40. The zero-order valence-corrected chi connectivity index (χ0v) is 15.5. The molecule has 2 atom stereocenters. The first kappa shape index (κ1) is 15.8. The molecular formula is C18H17Br2NO. The lowest BCUT2D eigenvalue weighted by Gasteiger charge is -2.18. The van der Waals surface area contributed by atoms with Crippen molar-refractivity contribution in [1.82, 2.24) is 4.90 Å². The first-order valence-electron chi connectivity index (χ1n) is 7.30. The highest BCUT2D eigenvalue weighted by Gasteiger charge is 2.45. The van der Waals surface area contributed by atoms with Crippen LogP contribution in [0.15, 0.2) is 57.5 Å². The molecule has 1 aliphatic carbocycles. The van der Waals surface area contributed by atoms with Gasteiger partial charge in [0.05, 0.1) is 0 Å². The highest BCUT2D eigenvalue weighted by Crippen LogP contribution is 2.48. The van der Waals surface area contributed by atoms with Crippen molar-refractivity contribution < 1.29 is 4.79 Å². The molecule has 0 aromatic heterocycles. The van der Waals surface area contributed by atoms with Crippen LogP contribution >= 0.6 is 31.9 Å². The summed E-state index contributed by atoms with van der Waals surface area (Å²) in [7, 11) is 1.89. The minimum Gasteiger partial charge on any atom is -0.341 e. The standard InChI is InChI=1S/C18H17Br2NO/c1-21(11-13-4-2-3-5-17(13)20)18(22)16-10-15(16)12-6-8-14(19)9-7-12/h2-9,15-16H,10-11H2,1H3. The third kappa shape index (κ3) is 3.44. The van der Waals surface area contributed by atoms with Crippen molar-refractivity contribution >= 4 is 37.8 Å². The van der Waals surface area contributed by atoms with Gasteiger partial charge in [0.1, 0.15) is 0 Å². The summed E-state index contributed by atoms with van der Waals surface area (Å²) in [5, 5.41) is 0. The summed E-state index contributed by atoms with van der Waals surface area (Å²) >= 11 is 6.99. The van der Waals surface area contributed by atoms with Crippen LogP contribution in [-0.4, -0.2) is 17.9 Å². The molecule has 3 rings (SSSR count). The van der Waals surface area contributed by atoms with Gasteiger partial charge in [-0.05, 0) is 41.7 Å². The molecule has 114 valence electrons. The van der Waals surface area contributed by atoms with Gasteiger partial charge in [0.2, 0.25) is 5.91 Å². The van der Waals surface area contributed by atoms with E-state index < -0.39 is 0 Å². The van der Waals surface area contributed by atoms with Gasteiger partial charge in [0.25, 0.3) is 0 Å². The molecule has 0 saturated heterocycles. The Bertz CT molecular complexity index is 684. The lowest BCUT2D eigenvalue weighted by Crippen LogP contribution is -2.28. The maximum absolute atomic E-state index is 12.6. The van der Waals surface area contributed by atoms with E-state index in [-0.39, 0.29) is 11.8 Å². The molecule has 2 aromatic rings. The first-order chi connectivity index (χ1) is 10.6. The monoisotopic (exact) mass is 421 g/mol. The second-order valence-electron chi connectivity index (χ2n) is 5.79. The van der Waals surface area contributed by atoms with E-state index in [1.807, 2.05) is 48.3 Å². The second kappa shape index (κ2) is 6.55. The minimum absolute atomic E-state index is 0.133. The number of rotatable bonds is 4. The largest absolute Gasteiger partial charge is 0.341 e. The van der Waals surface area contributed by atoms with Crippen LogP contribution in [0.3, 0.4) is 0 Å². The van der Waals surface area contributed by atoms with Gasteiger partial charge in [-0.2, -0.15) is 0 Å². The Kier molecular flexibility index (Phi) is 4.69. The molecule has 0 heterocycles. The minimum atomic E-state index is 0.133. The van der Waals surface area contributed by atoms with Crippen LogP contribution in [0, 0.1) is 5.92 Å².